The first-order valence-electron chi connectivity index (χ1n) is 4.48. The monoisotopic (exact) mass is 163 g/mol. The van der Waals surface area contributed by atoms with Gasteiger partial charge in [-0.25, -0.2) is 0 Å². The maximum Gasteiger partial charge on any atom is -0.00483 e. The molecule has 1 aromatic rings. The van der Waals surface area contributed by atoms with Gasteiger partial charge in [-0.1, -0.05) is 31.2 Å². The maximum atomic E-state index is 5.57. The van der Waals surface area contributed by atoms with E-state index in [4.69, 9.17) is 5.73 Å². The molecule has 12 heavy (non-hydrogen) atoms. The molecular weight excluding hydrogens is 146 g/mol. The van der Waals surface area contributed by atoms with E-state index in [0.29, 0.717) is 5.92 Å². The summed E-state index contributed by atoms with van der Waals surface area (Å²) in [5.74, 6) is 0.589. The smallest absolute Gasteiger partial charge is 0.00483 e. The molecule has 0 spiro atoms. The zero-order valence-corrected chi connectivity index (χ0v) is 7.88. The first-order chi connectivity index (χ1) is 5.74. The molecule has 0 saturated carbocycles. The van der Waals surface area contributed by atoms with Crippen LogP contribution in [0.1, 0.15) is 18.1 Å². The fraction of sp³-hybridized carbons (Fsp3) is 0.455. The fourth-order valence-electron chi connectivity index (χ4n) is 1.30. The Kier molecular flexibility index (Phi) is 3.30. The number of hydrogen-bond donors (Lipinski definition) is 1. The molecule has 0 radical (unpaired) electrons. The summed E-state index contributed by atoms with van der Waals surface area (Å²) in [5.41, 5.74) is 8.37. The molecule has 1 nitrogen and oxygen atoms in total. The highest BCUT2D eigenvalue weighted by Crippen LogP contribution is 2.11. The molecule has 66 valence electrons. The molecule has 0 unspecified atom stereocenters. The zero-order chi connectivity index (χ0) is 8.97. The Labute approximate surface area is 74.6 Å². The van der Waals surface area contributed by atoms with Crippen LogP contribution in [0.25, 0.3) is 0 Å². The molecule has 0 bridgehead atoms. The number of hydrogen-bond acceptors (Lipinski definition) is 1. The Bertz CT molecular complexity index is 243. The maximum absolute atomic E-state index is 5.57. The molecule has 0 aliphatic rings. The normalized spacial score (nSPS) is 12.9. The molecule has 0 saturated heterocycles. The lowest BCUT2D eigenvalue weighted by atomic mass is 9.98. The molecule has 1 rings (SSSR count). The molecule has 1 heteroatoms. The van der Waals surface area contributed by atoms with E-state index in [1.165, 1.54) is 11.1 Å². The van der Waals surface area contributed by atoms with Crippen molar-refractivity contribution in [2.24, 2.45) is 11.7 Å². The van der Waals surface area contributed by atoms with Crippen LogP contribution in [0.3, 0.4) is 0 Å². The molecule has 2 N–H and O–H groups in total. The van der Waals surface area contributed by atoms with Crippen LogP contribution in [0.2, 0.25) is 0 Å². The summed E-state index contributed by atoms with van der Waals surface area (Å²) >= 11 is 0. The number of nitrogens with two attached hydrogens (primary N) is 1. The summed E-state index contributed by atoms with van der Waals surface area (Å²) in [7, 11) is 0. The Morgan fingerprint density at radius 2 is 2.00 bits per heavy atom. The van der Waals surface area contributed by atoms with Gasteiger partial charge in [-0.05, 0) is 36.9 Å². The lowest BCUT2D eigenvalue weighted by Gasteiger charge is -2.10. The molecule has 1 atom stereocenters. The van der Waals surface area contributed by atoms with Gasteiger partial charge >= 0.3 is 0 Å². The van der Waals surface area contributed by atoms with Crippen molar-refractivity contribution in [2.75, 3.05) is 6.54 Å². The van der Waals surface area contributed by atoms with Crippen LogP contribution in [0.5, 0.6) is 0 Å². The fourth-order valence-corrected chi connectivity index (χ4v) is 1.30. The number of rotatable bonds is 3. The Morgan fingerprint density at radius 1 is 1.33 bits per heavy atom. The van der Waals surface area contributed by atoms with Gasteiger partial charge < -0.3 is 5.73 Å². The van der Waals surface area contributed by atoms with Crippen molar-refractivity contribution in [1.29, 1.82) is 0 Å². The van der Waals surface area contributed by atoms with Crippen LogP contribution in [0.4, 0.5) is 0 Å². The Morgan fingerprint density at radius 3 is 2.58 bits per heavy atom. The SMILES string of the molecule is Cc1ccccc1C[C@@H](C)CN. The summed E-state index contributed by atoms with van der Waals surface area (Å²) in [4.78, 5) is 0. The summed E-state index contributed by atoms with van der Waals surface area (Å²) < 4.78 is 0. The third-order valence-corrected chi connectivity index (χ3v) is 2.23. The Hall–Kier alpha value is -0.820. The van der Waals surface area contributed by atoms with Crippen molar-refractivity contribution < 1.29 is 0 Å². The molecule has 0 aliphatic carbocycles. The first kappa shape index (κ1) is 9.27. The molecule has 0 amide bonds. The summed E-state index contributed by atoms with van der Waals surface area (Å²) in [6.45, 7) is 5.11. The largest absolute Gasteiger partial charge is 0.330 e. The molecular formula is C11H17N. The topological polar surface area (TPSA) is 26.0 Å². The average Bonchev–Trinajstić information content (AvgIpc) is 2.09. The van der Waals surface area contributed by atoms with E-state index in [-0.39, 0.29) is 0 Å². The van der Waals surface area contributed by atoms with Crippen LogP contribution in [-0.2, 0) is 6.42 Å². The second-order valence-corrected chi connectivity index (χ2v) is 3.47. The van der Waals surface area contributed by atoms with Crippen LogP contribution >= 0.6 is 0 Å². The van der Waals surface area contributed by atoms with Gasteiger partial charge in [-0.3, -0.25) is 0 Å². The van der Waals surface area contributed by atoms with Gasteiger partial charge in [0.2, 0.25) is 0 Å². The second kappa shape index (κ2) is 4.27. The van der Waals surface area contributed by atoms with Gasteiger partial charge in [-0.2, -0.15) is 0 Å². The first-order valence-corrected chi connectivity index (χ1v) is 4.48. The average molecular weight is 163 g/mol. The van der Waals surface area contributed by atoms with Gasteiger partial charge in [0.15, 0.2) is 0 Å². The lowest BCUT2D eigenvalue weighted by Crippen LogP contribution is -2.13. The Balaban J connectivity index is 2.69. The highest BCUT2D eigenvalue weighted by molar-refractivity contribution is 5.25. The summed E-state index contributed by atoms with van der Waals surface area (Å²) in [6.07, 6.45) is 1.10. The van der Waals surface area contributed by atoms with Crippen molar-refractivity contribution in [3.8, 4) is 0 Å². The number of benzene rings is 1. The quantitative estimate of drug-likeness (QED) is 0.725. The van der Waals surface area contributed by atoms with Crippen LogP contribution in [-0.4, -0.2) is 6.54 Å². The van der Waals surface area contributed by atoms with Gasteiger partial charge in [0.25, 0.3) is 0 Å². The molecule has 0 aromatic heterocycles. The van der Waals surface area contributed by atoms with Crippen molar-refractivity contribution >= 4 is 0 Å². The van der Waals surface area contributed by atoms with E-state index in [0.717, 1.165) is 13.0 Å². The highest BCUT2D eigenvalue weighted by Gasteiger charge is 2.02. The van der Waals surface area contributed by atoms with Crippen LogP contribution in [0, 0.1) is 12.8 Å². The van der Waals surface area contributed by atoms with Gasteiger partial charge in [0.1, 0.15) is 0 Å². The molecule has 0 aliphatic heterocycles. The van der Waals surface area contributed by atoms with Gasteiger partial charge in [0.05, 0.1) is 0 Å². The minimum atomic E-state index is 0.589. The predicted octanol–water partition coefficient (Wildman–Crippen LogP) is 2.13. The lowest BCUT2D eigenvalue weighted by molar-refractivity contribution is 0.591. The van der Waals surface area contributed by atoms with E-state index >= 15 is 0 Å². The van der Waals surface area contributed by atoms with E-state index < -0.39 is 0 Å². The minimum Gasteiger partial charge on any atom is -0.330 e. The molecule has 0 heterocycles. The molecule has 0 fully saturated rings. The second-order valence-electron chi connectivity index (χ2n) is 3.47. The third kappa shape index (κ3) is 2.35. The van der Waals surface area contributed by atoms with Crippen molar-refractivity contribution in [1.82, 2.24) is 0 Å². The van der Waals surface area contributed by atoms with Crippen LogP contribution in [0.15, 0.2) is 24.3 Å². The van der Waals surface area contributed by atoms with Crippen molar-refractivity contribution in [2.45, 2.75) is 20.3 Å². The van der Waals surface area contributed by atoms with Crippen molar-refractivity contribution in [3.63, 3.8) is 0 Å². The van der Waals surface area contributed by atoms with E-state index in [1.807, 2.05) is 0 Å². The van der Waals surface area contributed by atoms with E-state index in [9.17, 15) is 0 Å². The number of aryl methyl sites for hydroxylation is 1. The third-order valence-electron chi connectivity index (χ3n) is 2.23. The minimum absolute atomic E-state index is 0.589. The summed E-state index contributed by atoms with van der Waals surface area (Å²) in [6, 6.07) is 8.50. The highest BCUT2D eigenvalue weighted by atomic mass is 14.5. The van der Waals surface area contributed by atoms with Crippen LogP contribution < -0.4 is 5.73 Å². The standard InChI is InChI=1S/C11H17N/c1-9(8-12)7-11-6-4-3-5-10(11)2/h3-6,9H,7-8,12H2,1-2H3/t9-/m1/s1. The summed E-state index contributed by atoms with van der Waals surface area (Å²) in [5, 5.41) is 0. The van der Waals surface area contributed by atoms with E-state index in [2.05, 4.69) is 38.1 Å². The van der Waals surface area contributed by atoms with Gasteiger partial charge in [-0.15, -0.1) is 0 Å². The predicted molar refractivity (Wildman–Crippen MR) is 53.1 cm³/mol. The zero-order valence-electron chi connectivity index (χ0n) is 7.88. The van der Waals surface area contributed by atoms with Crippen molar-refractivity contribution in [3.05, 3.63) is 35.4 Å². The van der Waals surface area contributed by atoms with Gasteiger partial charge in [0, 0.05) is 0 Å². The molecule has 1 aromatic carbocycles. The van der Waals surface area contributed by atoms with E-state index in [1.54, 1.807) is 0 Å².